The molecule has 11 aromatic rings. The zero-order valence-corrected chi connectivity index (χ0v) is 30.9. The first-order chi connectivity index (χ1) is 27.7. The Bertz CT molecular complexity index is 3240. The van der Waals surface area contributed by atoms with E-state index in [1.807, 2.05) is 59.9 Å². The highest BCUT2D eigenvalue weighted by molar-refractivity contribution is 7.26. The first-order valence-corrected chi connectivity index (χ1v) is 19.5. The molecular formula is C51H31N3OS. The van der Waals surface area contributed by atoms with Gasteiger partial charge in [0.15, 0.2) is 17.5 Å². The molecule has 0 unspecified atom stereocenters. The molecule has 0 bridgehead atoms. The van der Waals surface area contributed by atoms with Gasteiger partial charge in [0.25, 0.3) is 0 Å². The molecule has 0 N–H and O–H groups in total. The molecule has 262 valence electrons. The van der Waals surface area contributed by atoms with Gasteiger partial charge in [-0.05, 0) is 58.7 Å². The van der Waals surface area contributed by atoms with Crippen molar-refractivity contribution in [2.24, 2.45) is 0 Å². The van der Waals surface area contributed by atoms with Crippen molar-refractivity contribution in [2.45, 2.75) is 0 Å². The summed E-state index contributed by atoms with van der Waals surface area (Å²) in [5.41, 5.74) is 11.5. The van der Waals surface area contributed by atoms with Gasteiger partial charge < -0.3 is 4.42 Å². The van der Waals surface area contributed by atoms with Gasteiger partial charge >= 0.3 is 0 Å². The second-order valence-electron chi connectivity index (χ2n) is 13.9. The number of rotatable bonds is 6. The fraction of sp³-hybridized carbons (Fsp3) is 0. The zero-order valence-electron chi connectivity index (χ0n) is 30.1. The minimum atomic E-state index is 0.611. The summed E-state index contributed by atoms with van der Waals surface area (Å²) in [6.45, 7) is 0. The molecule has 8 aromatic carbocycles. The van der Waals surface area contributed by atoms with Crippen molar-refractivity contribution < 1.29 is 4.42 Å². The lowest BCUT2D eigenvalue weighted by atomic mass is 9.94. The molecule has 3 heterocycles. The van der Waals surface area contributed by atoms with Gasteiger partial charge in [0.1, 0.15) is 11.2 Å². The smallest absolute Gasteiger partial charge is 0.164 e. The summed E-state index contributed by atoms with van der Waals surface area (Å²) in [6, 6.07) is 65.6. The van der Waals surface area contributed by atoms with E-state index in [1.165, 1.54) is 42.4 Å². The Kier molecular flexibility index (Phi) is 7.64. The van der Waals surface area contributed by atoms with Crippen LogP contribution >= 0.6 is 11.3 Å². The van der Waals surface area contributed by atoms with Crippen LogP contribution in [0.1, 0.15) is 0 Å². The molecule has 0 amide bonds. The maximum atomic E-state index is 6.50. The van der Waals surface area contributed by atoms with E-state index >= 15 is 0 Å². The first-order valence-electron chi connectivity index (χ1n) is 18.7. The summed E-state index contributed by atoms with van der Waals surface area (Å²) in [4.78, 5) is 15.3. The predicted octanol–water partition coefficient (Wildman–Crippen LogP) is 14.1. The molecule has 0 atom stereocenters. The number of fused-ring (bicyclic) bond motifs is 6. The largest absolute Gasteiger partial charge is 0.455 e. The van der Waals surface area contributed by atoms with Gasteiger partial charge in [-0.2, -0.15) is 0 Å². The van der Waals surface area contributed by atoms with Crippen LogP contribution in [0.15, 0.2) is 192 Å². The van der Waals surface area contributed by atoms with Crippen LogP contribution in [0.5, 0.6) is 0 Å². The summed E-state index contributed by atoms with van der Waals surface area (Å²) < 4.78 is 8.98. The van der Waals surface area contributed by atoms with Crippen LogP contribution in [0.3, 0.4) is 0 Å². The lowest BCUT2D eigenvalue weighted by Crippen LogP contribution is -2.00. The van der Waals surface area contributed by atoms with Gasteiger partial charge in [-0.15, -0.1) is 11.3 Å². The number of hydrogen-bond donors (Lipinski definition) is 0. The molecule has 0 fully saturated rings. The molecule has 0 saturated heterocycles. The molecule has 0 saturated carbocycles. The molecule has 0 radical (unpaired) electrons. The van der Waals surface area contributed by atoms with Gasteiger partial charge in [0, 0.05) is 58.8 Å². The Hall–Kier alpha value is -7.21. The maximum absolute atomic E-state index is 6.50. The molecule has 5 heteroatoms. The van der Waals surface area contributed by atoms with Crippen molar-refractivity contribution in [3.8, 4) is 67.5 Å². The predicted molar refractivity (Wildman–Crippen MR) is 233 cm³/mol. The van der Waals surface area contributed by atoms with Crippen LogP contribution in [0.25, 0.3) is 110 Å². The molecule has 0 aliphatic heterocycles. The fourth-order valence-corrected chi connectivity index (χ4v) is 9.08. The minimum Gasteiger partial charge on any atom is -0.455 e. The van der Waals surface area contributed by atoms with Crippen LogP contribution in [-0.2, 0) is 0 Å². The summed E-state index contributed by atoms with van der Waals surface area (Å²) in [5, 5.41) is 4.48. The number of benzene rings is 8. The normalized spacial score (nSPS) is 11.6. The summed E-state index contributed by atoms with van der Waals surface area (Å²) >= 11 is 1.83. The Labute approximate surface area is 327 Å². The summed E-state index contributed by atoms with van der Waals surface area (Å²) in [7, 11) is 0. The summed E-state index contributed by atoms with van der Waals surface area (Å²) in [6.07, 6.45) is 0. The van der Waals surface area contributed by atoms with Gasteiger partial charge in [0.05, 0.1) is 0 Å². The van der Waals surface area contributed by atoms with Gasteiger partial charge in [0.2, 0.25) is 0 Å². The first kappa shape index (κ1) is 32.2. The number of thiophene rings is 1. The van der Waals surface area contributed by atoms with Crippen LogP contribution in [0.4, 0.5) is 0 Å². The molecule has 3 aromatic heterocycles. The third kappa shape index (κ3) is 5.48. The monoisotopic (exact) mass is 733 g/mol. The Morgan fingerprint density at radius 3 is 1.55 bits per heavy atom. The van der Waals surface area contributed by atoms with Crippen LogP contribution in [0.2, 0.25) is 0 Å². The van der Waals surface area contributed by atoms with Crippen molar-refractivity contribution >= 4 is 53.4 Å². The van der Waals surface area contributed by atoms with Crippen LogP contribution < -0.4 is 0 Å². The van der Waals surface area contributed by atoms with Crippen molar-refractivity contribution in [3.63, 3.8) is 0 Å². The van der Waals surface area contributed by atoms with Gasteiger partial charge in [-0.3, -0.25) is 0 Å². The van der Waals surface area contributed by atoms with Crippen LogP contribution in [0, 0.1) is 0 Å². The van der Waals surface area contributed by atoms with Crippen molar-refractivity contribution in [2.75, 3.05) is 0 Å². The van der Waals surface area contributed by atoms with Crippen molar-refractivity contribution in [3.05, 3.63) is 188 Å². The number of furan rings is 1. The van der Waals surface area contributed by atoms with E-state index in [2.05, 4.69) is 140 Å². The van der Waals surface area contributed by atoms with E-state index in [0.717, 1.165) is 49.8 Å². The zero-order chi connectivity index (χ0) is 37.0. The second-order valence-corrected chi connectivity index (χ2v) is 15.0. The van der Waals surface area contributed by atoms with E-state index in [-0.39, 0.29) is 0 Å². The lowest BCUT2D eigenvalue weighted by Gasteiger charge is -2.11. The maximum Gasteiger partial charge on any atom is 0.164 e. The highest BCUT2D eigenvalue weighted by Crippen LogP contribution is 2.44. The third-order valence-electron chi connectivity index (χ3n) is 10.6. The SMILES string of the molecule is c1ccc(-c2nc(-c3ccc4oc5c(-c6ccccc6)cccc5c4c3)nc(-c3ccc4sc5c(-c6ccccc6-c6ccccc6)cccc5c4c3)n2)cc1. The van der Waals surface area contributed by atoms with Gasteiger partial charge in [-0.25, -0.2) is 15.0 Å². The molecule has 4 nitrogen and oxygen atoms in total. The summed E-state index contributed by atoms with van der Waals surface area (Å²) in [5.74, 6) is 1.87. The Morgan fingerprint density at radius 1 is 0.339 bits per heavy atom. The molecule has 0 aliphatic rings. The Morgan fingerprint density at radius 2 is 0.857 bits per heavy atom. The van der Waals surface area contributed by atoms with Crippen LogP contribution in [-0.4, -0.2) is 15.0 Å². The van der Waals surface area contributed by atoms with E-state index in [1.54, 1.807) is 0 Å². The molecule has 11 rings (SSSR count). The topological polar surface area (TPSA) is 51.8 Å². The average molecular weight is 734 g/mol. The fourth-order valence-electron chi connectivity index (χ4n) is 7.87. The molecular weight excluding hydrogens is 703 g/mol. The highest BCUT2D eigenvalue weighted by atomic mass is 32.1. The number of aromatic nitrogens is 3. The van der Waals surface area contributed by atoms with E-state index in [4.69, 9.17) is 19.4 Å². The van der Waals surface area contributed by atoms with E-state index < -0.39 is 0 Å². The highest BCUT2D eigenvalue weighted by Gasteiger charge is 2.18. The quantitative estimate of drug-likeness (QED) is 0.171. The van der Waals surface area contributed by atoms with E-state index in [9.17, 15) is 0 Å². The van der Waals surface area contributed by atoms with Crippen molar-refractivity contribution in [1.29, 1.82) is 0 Å². The average Bonchev–Trinajstić information content (AvgIpc) is 3.85. The molecule has 0 spiro atoms. The molecule has 0 aliphatic carbocycles. The third-order valence-corrected chi connectivity index (χ3v) is 11.8. The number of hydrogen-bond acceptors (Lipinski definition) is 5. The lowest BCUT2D eigenvalue weighted by molar-refractivity contribution is 0.670. The number of para-hydroxylation sites is 1. The second kappa shape index (κ2) is 13.3. The standard InChI is InChI=1S/C51H31N3OS/c1-4-14-32(15-5-1)37-20-10-11-21-39(37)41-24-13-25-42-44-31-36(27-29-46(44)56-48(41)42)51-53-49(34-18-8-3-9-19-34)52-50(54-51)35-26-28-45-43(30-35)40-23-12-22-38(47(40)55-45)33-16-6-2-7-17-33/h1-31H. The van der Waals surface area contributed by atoms with Crippen molar-refractivity contribution in [1.82, 2.24) is 15.0 Å². The Balaban J connectivity index is 1.06. The van der Waals surface area contributed by atoms with Gasteiger partial charge in [-0.1, -0.05) is 152 Å². The van der Waals surface area contributed by atoms with E-state index in [0.29, 0.717) is 17.5 Å². The molecule has 56 heavy (non-hydrogen) atoms. The minimum absolute atomic E-state index is 0.611. The number of nitrogens with zero attached hydrogens (tertiary/aromatic N) is 3.